The molecule has 0 amide bonds. The molecular weight excluding hydrogens is 292 g/mol. The molecule has 2 N–H and O–H groups in total. The van der Waals surface area contributed by atoms with E-state index in [9.17, 15) is 8.42 Å². The summed E-state index contributed by atoms with van der Waals surface area (Å²) in [5, 5.41) is 3.15. The summed E-state index contributed by atoms with van der Waals surface area (Å²) in [5.41, 5.74) is 0.757. The van der Waals surface area contributed by atoms with Crippen molar-refractivity contribution in [3.63, 3.8) is 0 Å². The Hall–Kier alpha value is -0.990. The van der Waals surface area contributed by atoms with Gasteiger partial charge in [0.05, 0.1) is 30.8 Å². The molecule has 0 aliphatic carbocycles. The van der Waals surface area contributed by atoms with Gasteiger partial charge in [0.15, 0.2) is 0 Å². The largest absolute Gasteiger partial charge is 0.376 e. The molecule has 1 heterocycles. The van der Waals surface area contributed by atoms with E-state index in [1.54, 1.807) is 12.1 Å². The number of sulfonamides is 1. The summed E-state index contributed by atoms with van der Waals surface area (Å²) in [7, 11) is -3.55. The summed E-state index contributed by atoms with van der Waals surface area (Å²) in [4.78, 5) is 0.308. The van der Waals surface area contributed by atoms with Crippen LogP contribution in [-0.2, 0) is 26.0 Å². The van der Waals surface area contributed by atoms with Gasteiger partial charge >= 0.3 is 0 Å². The summed E-state index contributed by atoms with van der Waals surface area (Å²) in [5.74, 6) is 0. The second-order valence-electron chi connectivity index (χ2n) is 4.81. The van der Waals surface area contributed by atoms with E-state index in [0.717, 1.165) is 12.1 Å². The molecule has 1 atom stereocenters. The van der Waals surface area contributed by atoms with Crippen LogP contribution in [0, 0.1) is 0 Å². The zero-order valence-corrected chi connectivity index (χ0v) is 13.0. The van der Waals surface area contributed by atoms with Crippen molar-refractivity contribution in [2.24, 2.45) is 0 Å². The molecule has 1 aliphatic rings. The number of hydrogen-bond acceptors (Lipinski definition) is 5. The maximum atomic E-state index is 12.4. The Morgan fingerprint density at radius 2 is 2.10 bits per heavy atom. The number of benzene rings is 1. The Morgan fingerprint density at radius 1 is 1.29 bits per heavy atom. The lowest BCUT2D eigenvalue weighted by Gasteiger charge is -2.23. The van der Waals surface area contributed by atoms with E-state index in [4.69, 9.17) is 9.47 Å². The molecule has 21 heavy (non-hydrogen) atoms. The van der Waals surface area contributed by atoms with Gasteiger partial charge in [0.1, 0.15) is 0 Å². The second kappa shape index (κ2) is 7.86. The standard InChI is InChI=1S/C14H22N2O4S/c1-2-15-9-12-5-3-4-6-14(12)21(17,18)16-10-13-11-19-7-8-20-13/h3-6,13,15-16H,2,7-11H2,1H3. The van der Waals surface area contributed by atoms with Gasteiger partial charge in [0.25, 0.3) is 0 Å². The first-order chi connectivity index (χ1) is 10.1. The molecule has 6 nitrogen and oxygen atoms in total. The van der Waals surface area contributed by atoms with Crippen LogP contribution in [0.4, 0.5) is 0 Å². The quantitative estimate of drug-likeness (QED) is 0.766. The molecule has 2 rings (SSSR count). The minimum absolute atomic E-state index is 0.220. The number of hydrogen-bond donors (Lipinski definition) is 2. The van der Waals surface area contributed by atoms with Crippen molar-refractivity contribution in [2.45, 2.75) is 24.5 Å². The van der Waals surface area contributed by atoms with Gasteiger partial charge in [-0.25, -0.2) is 13.1 Å². The van der Waals surface area contributed by atoms with Crippen LogP contribution in [-0.4, -0.2) is 47.4 Å². The highest BCUT2D eigenvalue weighted by molar-refractivity contribution is 7.89. The van der Waals surface area contributed by atoms with Gasteiger partial charge in [-0.1, -0.05) is 25.1 Å². The summed E-state index contributed by atoms with van der Waals surface area (Å²) in [6, 6.07) is 7.00. The van der Waals surface area contributed by atoms with E-state index in [1.165, 1.54) is 0 Å². The lowest BCUT2D eigenvalue weighted by Crippen LogP contribution is -2.40. The molecule has 1 aliphatic heterocycles. The molecule has 1 aromatic carbocycles. The normalized spacial score (nSPS) is 19.6. The molecule has 1 aromatic rings. The third-order valence-corrected chi connectivity index (χ3v) is 4.74. The second-order valence-corrected chi connectivity index (χ2v) is 6.54. The van der Waals surface area contributed by atoms with Crippen molar-refractivity contribution in [3.05, 3.63) is 29.8 Å². The van der Waals surface area contributed by atoms with Crippen LogP contribution in [0.3, 0.4) is 0 Å². The fraction of sp³-hybridized carbons (Fsp3) is 0.571. The maximum Gasteiger partial charge on any atom is 0.240 e. The lowest BCUT2D eigenvalue weighted by molar-refractivity contribution is -0.0846. The van der Waals surface area contributed by atoms with E-state index in [0.29, 0.717) is 31.3 Å². The van der Waals surface area contributed by atoms with Crippen molar-refractivity contribution in [2.75, 3.05) is 32.9 Å². The minimum Gasteiger partial charge on any atom is -0.376 e. The van der Waals surface area contributed by atoms with E-state index in [-0.39, 0.29) is 12.6 Å². The third-order valence-electron chi connectivity index (χ3n) is 3.21. The van der Waals surface area contributed by atoms with E-state index in [1.807, 2.05) is 19.1 Å². The Labute approximate surface area is 125 Å². The molecule has 1 saturated heterocycles. The van der Waals surface area contributed by atoms with Gasteiger partial charge < -0.3 is 14.8 Å². The van der Waals surface area contributed by atoms with Crippen LogP contribution in [0.2, 0.25) is 0 Å². The van der Waals surface area contributed by atoms with Gasteiger partial charge in [0.2, 0.25) is 10.0 Å². The van der Waals surface area contributed by atoms with Crippen LogP contribution >= 0.6 is 0 Å². The number of ether oxygens (including phenoxy) is 2. The van der Waals surface area contributed by atoms with E-state index in [2.05, 4.69) is 10.0 Å². The summed E-state index contributed by atoms with van der Waals surface area (Å²) in [6.45, 7) is 5.00. The Balaban J connectivity index is 2.04. The van der Waals surface area contributed by atoms with Crippen LogP contribution in [0.15, 0.2) is 29.2 Å². The zero-order chi connectivity index (χ0) is 15.1. The van der Waals surface area contributed by atoms with Gasteiger partial charge in [-0.3, -0.25) is 0 Å². The first-order valence-corrected chi connectivity index (χ1v) is 8.59. The molecule has 1 unspecified atom stereocenters. The highest BCUT2D eigenvalue weighted by Crippen LogP contribution is 2.15. The average Bonchev–Trinajstić information content (AvgIpc) is 2.52. The fourth-order valence-electron chi connectivity index (χ4n) is 2.11. The van der Waals surface area contributed by atoms with Crippen LogP contribution < -0.4 is 10.0 Å². The highest BCUT2D eigenvalue weighted by atomic mass is 32.2. The van der Waals surface area contributed by atoms with Gasteiger partial charge in [-0.05, 0) is 18.2 Å². The van der Waals surface area contributed by atoms with E-state index >= 15 is 0 Å². The van der Waals surface area contributed by atoms with Gasteiger partial charge in [-0.2, -0.15) is 0 Å². The molecule has 118 valence electrons. The van der Waals surface area contributed by atoms with Crippen molar-refractivity contribution < 1.29 is 17.9 Å². The molecule has 0 radical (unpaired) electrons. The summed E-state index contributed by atoms with van der Waals surface area (Å²) in [6.07, 6.45) is -0.227. The maximum absolute atomic E-state index is 12.4. The van der Waals surface area contributed by atoms with Crippen LogP contribution in [0.25, 0.3) is 0 Å². The zero-order valence-electron chi connectivity index (χ0n) is 12.2. The average molecular weight is 314 g/mol. The Kier molecular flexibility index (Phi) is 6.13. The highest BCUT2D eigenvalue weighted by Gasteiger charge is 2.21. The van der Waals surface area contributed by atoms with E-state index < -0.39 is 10.0 Å². The van der Waals surface area contributed by atoms with Crippen molar-refractivity contribution >= 4 is 10.0 Å². The monoisotopic (exact) mass is 314 g/mol. The molecule has 0 bridgehead atoms. The van der Waals surface area contributed by atoms with Crippen molar-refractivity contribution in [1.82, 2.24) is 10.0 Å². The van der Waals surface area contributed by atoms with Crippen LogP contribution in [0.1, 0.15) is 12.5 Å². The predicted molar refractivity (Wildman–Crippen MR) is 79.6 cm³/mol. The Morgan fingerprint density at radius 3 is 2.81 bits per heavy atom. The molecule has 0 saturated carbocycles. The van der Waals surface area contributed by atoms with Gasteiger partial charge in [0, 0.05) is 13.1 Å². The number of nitrogens with one attached hydrogen (secondary N) is 2. The summed E-state index contributed by atoms with van der Waals surface area (Å²) >= 11 is 0. The fourth-order valence-corrected chi connectivity index (χ4v) is 3.41. The molecule has 0 spiro atoms. The molecule has 7 heteroatoms. The van der Waals surface area contributed by atoms with Crippen molar-refractivity contribution in [1.29, 1.82) is 0 Å². The lowest BCUT2D eigenvalue weighted by atomic mass is 10.2. The molecule has 0 aromatic heterocycles. The number of rotatable bonds is 7. The topological polar surface area (TPSA) is 76.7 Å². The smallest absolute Gasteiger partial charge is 0.240 e. The SMILES string of the molecule is CCNCc1ccccc1S(=O)(=O)NCC1COCCO1. The predicted octanol–water partition coefficient (Wildman–Crippen LogP) is 0.490. The first kappa shape index (κ1) is 16.4. The molecule has 1 fully saturated rings. The molecular formula is C14H22N2O4S. The minimum atomic E-state index is -3.55. The van der Waals surface area contributed by atoms with Crippen LogP contribution in [0.5, 0.6) is 0 Å². The van der Waals surface area contributed by atoms with Gasteiger partial charge in [-0.15, -0.1) is 0 Å². The third kappa shape index (κ3) is 4.76. The first-order valence-electron chi connectivity index (χ1n) is 7.11. The Bertz CT molecular complexity index is 542. The summed E-state index contributed by atoms with van der Waals surface area (Å²) < 4.78 is 38.1. The van der Waals surface area contributed by atoms with Crippen molar-refractivity contribution in [3.8, 4) is 0 Å².